The molecule has 0 radical (unpaired) electrons. The summed E-state index contributed by atoms with van der Waals surface area (Å²) >= 11 is 6.48. The lowest BCUT2D eigenvalue weighted by molar-refractivity contribution is -0.122. The number of aromatic hydroxyl groups is 2. The minimum Gasteiger partial charge on any atom is -0.504 e. The van der Waals surface area contributed by atoms with Crippen molar-refractivity contribution in [1.82, 2.24) is 4.90 Å². The average molecular weight is 390 g/mol. The number of carbonyl (C=O) groups is 3. The molecule has 0 saturated carbocycles. The predicted octanol–water partition coefficient (Wildman–Crippen LogP) is 3.67. The fourth-order valence-corrected chi connectivity index (χ4v) is 3.25. The van der Waals surface area contributed by atoms with Crippen LogP contribution in [0.1, 0.15) is 15.9 Å². The first-order valence-corrected chi connectivity index (χ1v) is 8.61. The first-order chi connectivity index (χ1) is 12.3. The van der Waals surface area contributed by atoms with E-state index in [0.29, 0.717) is 27.9 Å². The number of rotatable bonds is 4. The van der Waals surface area contributed by atoms with Crippen molar-refractivity contribution in [2.24, 2.45) is 0 Å². The molecule has 6 nitrogen and oxygen atoms in total. The van der Waals surface area contributed by atoms with E-state index in [4.69, 9.17) is 11.6 Å². The molecule has 1 heterocycles. The summed E-state index contributed by atoms with van der Waals surface area (Å²) in [5.41, 5.74) is 0.788. The van der Waals surface area contributed by atoms with Gasteiger partial charge < -0.3 is 10.2 Å². The fourth-order valence-electron chi connectivity index (χ4n) is 2.29. The van der Waals surface area contributed by atoms with Crippen molar-refractivity contribution >= 4 is 46.4 Å². The van der Waals surface area contributed by atoms with E-state index < -0.39 is 11.1 Å². The van der Waals surface area contributed by atoms with E-state index in [-0.39, 0.29) is 28.7 Å². The fraction of sp³-hybridized carbons (Fsp3) is 0.0556. The number of hydrogen-bond donors (Lipinski definition) is 2. The Morgan fingerprint density at radius 1 is 1.08 bits per heavy atom. The Labute approximate surface area is 157 Å². The first kappa shape index (κ1) is 18.0. The van der Waals surface area contributed by atoms with Crippen molar-refractivity contribution < 1.29 is 24.6 Å². The van der Waals surface area contributed by atoms with E-state index in [2.05, 4.69) is 0 Å². The molecule has 0 atom stereocenters. The molecule has 1 saturated heterocycles. The summed E-state index contributed by atoms with van der Waals surface area (Å²) < 4.78 is 0. The second-order valence-electron chi connectivity index (χ2n) is 5.45. The number of ketones is 1. The van der Waals surface area contributed by atoms with E-state index in [1.165, 1.54) is 36.4 Å². The summed E-state index contributed by atoms with van der Waals surface area (Å²) in [6.07, 6.45) is 1.41. The molecule has 8 heteroatoms. The molecule has 0 spiro atoms. The summed E-state index contributed by atoms with van der Waals surface area (Å²) in [5.74, 6) is -1.60. The maximum Gasteiger partial charge on any atom is 0.293 e. The third-order valence-electron chi connectivity index (χ3n) is 3.64. The molecule has 1 aliphatic rings. The van der Waals surface area contributed by atoms with E-state index in [1.54, 1.807) is 12.1 Å². The number of carbonyl (C=O) groups excluding carboxylic acids is 3. The smallest absolute Gasteiger partial charge is 0.293 e. The molecular weight excluding hydrogens is 378 g/mol. The van der Waals surface area contributed by atoms with Crippen molar-refractivity contribution in [3.63, 3.8) is 0 Å². The number of thioether (sulfide) groups is 1. The van der Waals surface area contributed by atoms with Crippen LogP contribution in [0.15, 0.2) is 47.4 Å². The highest BCUT2D eigenvalue weighted by atomic mass is 35.5. The molecule has 0 aliphatic carbocycles. The molecule has 2 aromatic rings. The number of Topliss-reactive ketones (excluding diaryl/α,β-unsaturated/α-hetero) is 1. The number of phenols is 2. The maximum atomic E-state index is 12.4. The largest absolute Gasteiger partial charge is 0.504 e. The van der Waals surface area contributed by atoms with Crippen molar-refractivity contribution in [2.45, 2.75) is 0 Å². The first-order valence-electron chi connectivity index (χ1n) is 7.41. The summed E-state index contributed by atoms with van der Waals surface area (Å²) in [6, 6.07) is 10.2. The molecule has 2 aromatic carbocycles. The molecule has 3 rings (SSSR count). The molecular formula is C18H12ClNO5S. The maximum absolute atomic E-state index is 12.4. The minimum absolute atomic E-state index is 0.129. The monoisotopic (exact) mass is 389 g/mol. The zero-order valence-corrected chi connectivity index (χ0v) is 14.8. The van der Waals surface area contributed by atoms with Crippen molar-refractivity contribution in [2.75, 3.05) is 6.54 Å². The highest BCUT2D eigenvalue weighted by Crippen LogP contribution is 2.34. The van der Waals surface area contributed by atoms with Crippen LogP contribution >= 0.6 is 23.4 Å². The van der Waals surface area contributed by atoms with Gasteiger partial charge in [-0.1, -0.05) is 17.7 Å². The van der Waals surface area contributed by atoms with Gasteiger partial charge in [-0.05, 0) is 59.8 Å². The average Bonchev–Trinajstić information content (AvgIpc) is 2.86. The van der Waals surface area contributed by atoms with Gasteiger partial charge in [-0.15, -0.1) is 0 Å². The Hall–Kier alpha value is -2.77. The van der Waals surface area contributed by atoms with E-state index in [0.717, 1.165) is 4.90 Å². The number of hydrogen-bond acceptors (Lipinski definition) is 6. The van der Waals surface area contributed by atoms with Gasteiger partial charge in [-0.3, -0.25) is 19.3 Å². The van der Waals surface area contributed by atoms with Crippen LogP contribution in [0.5, 0.6) is 11.5 Å². The summed E-state index contributed by atoms with van der Waals surface area (Å²) in [5, 5.41) is 18.8. The van der Waals surface area contributed by atoms with Crippen LogP contribution in [0.3, 0.4) is 0 Å². The van der Waals surface area contributed by atoms with Gasteiger partial charge in [0.25, 0.3) is 11.1 Å². The number of imide groups is 1. The Morgan fingerprint density at radius 3 is 2.42 bits per heavy atom. The molecule has 132 valence electrons. The molecule has 0 bridgehead atoms. The molecule has 2 amide bonds. The Bertz CT molecular complexity index is 939. The van der Waals surface area contributed by atoms with Crippen LogP contribution in [-0.2, 0) is 4.79 Å². The van der Waals surface area contributed by atoms with Crippen LogP contribution < -0.4 is 0 Å². The number of amides is 2. The van der Waals surface area contributed by atoms with Gasteiger partial charge in [0.15, 0.2) is 17.3 Å². The molecule has 26 heavy (non-hydrogen) atoms. The van der Waals surface area contributed by atoms with Gasteiger partial charge >= 0.3 is 0 Å². The minimum atomic E-state index is -0.588. The highest BCUT2D eigenvalue weighted by molar-refractivity contribution is 8.18. The van der Waals surface area contributed by atoms with Crippen LogP contribution in [0, 0.1) is 0 Å². The van der Waals surface area contributed by atoms with E-state index in [1.807, 2.05) is 0 Å². The summed E-state index contributed by atoms with van der Waals surface area (Å²) in [4.78, 5) is 37.8. The van der Waals surface area contributed by atoms with Gasteiger partial charge in [0.05, 0.1) is 11.4 Å². The molecule has 1 aliphatic heterocycles. The van der Waals surface area contributed by atoms with Crippen molar-refractivity contribution in [3.05, 3.63) is 63.5 Å². The third kappa shape index (κ3) is 3.74. The van der Waals surface area contributed by atoms with Gasteiger partial charge in [0.1, 0.15) is 0 Å². The van der Waals surface area contributed by atoms with Crippen LogP contribution in [0.25, 0.3) is 6.08 Å². The number of benzene rings is 2. The van der Waals surface area contributed by atoms with Crippen LogP contribution in [0.2, 0.25) is 5.02 Å². The van der Waals surface area contributed by atoms with Gasteiger partial charge in [-0.2, -0.15) is 0 Å². The zero-order chi connectivity index (χ0) is 18.8. The number of halogens is 1. The second-order valence-corrected chi connectivity index (χ2v) is 6.88. The molecule has 2 N–H and O–H groups in total. The van der Waals surface area contributed by atoms with Crippen molar-refractivity contribution in [3.8, 4) is 11.5 Å². The highest BCUT2D eigenvalue weighted by Gasteiger charge is 2.36. The van der Waals surface area contributed by atoms with Gasteiger partial charge in [0, 0.05) is 10.6 Å². The summed E-state index contributed by atoms with van der Waals surface area (Å²) in [7, 11) is 0. The third-order valence-corrected chi connectivity index (χ3v) is 4.80. The summed E-state index contributed by atoms with van der Waals surface area (Å²) in [6.45, 7) is -0.371. The van der Waals surface area contributed by atoms with E-state index in [9.17, 15) is 24.6 Å². The molecule has 0 unspecified atom stereocenters. The van der Waals surface area contributed by atoms with Crippen LogP contribution in [0.4, 0.5) is 4.79 Å². The topological polar surface area (TPSA) is 94.9 Å². The van der Waals surface area contributed by atoms with E-state index >= 15 is 0 Å². The lowest BCUT2D eigenvalue weighted by Crippen LogP contribution is -2.33. The lowest BCUT2D eigenvalue weighted by Gasteiger charge is -2.11. The Kier molecular flexibility index (Phi) is 5.01. The second kappa shape index (κ2) is 7.23. The SMILES string of the molecule is O=C(CN1C(=O)S/C(=C/c2ccc(O)c(O)c2)C1=O)c1ccc(Cl)cc1. The Morgan fingerprint density at radius 2 is 1.77 bits per heavy atom. The number of phenolic OH excluding ortho intramolecular Hbond substituents is 2. The predicted molar refractivity (Wildman–Crippen MR) is 98.2 cm³/mol. The zero-order valence-electron chi connectivity index (χ0n) is 13.2. The standard InChI is InChI=1S/C18H12ClNO5S/c19-12-4-2-11(3-5-12)15(23)9-20-17(24)16(26-18(20)25)8-10-1-6-13(21)14(22)7-10/h1-8,21-22H,9H2/b16-8+. The van der Waals surface area contributed by atoms with Crippen molar-refractivity contribution in [1.29, 1.82) is 0 Å². The lowest BCUT2D eigenvalue weighted by atomic mass is 10.1. The van der Waals surface area contributed by atoms with Gasteiger partial charge in [-0.25, -0.2) is 0 Å². The quantitative estimate of drug-likeness (QED) is 0.470. The number of nitrogens with zero attached hydrogens (tertiary/aromatic N) is 1. The van der Waals surface area contributed by atoms with Crippen LogP contribution in [-0.4, -0.2) is 38.6 Å². The van der Waals surface area contributed by atoms with Gasteiger partial charge in [0.2, 0.25) is 0 Å². The Balaban J connectivity index is 1.78. The molecule has 1 fully saturated rings. The normalized spacial score (nSPS) is 15.7. The molecule has 0 aromatic heterocycles.